The summed E-state index contributed by atoms with van der Waals surface area (Å²) >= 11 is 7.58. The van der Waals surface area contributed by atoms with E-state index in [0.29, 0.717) is 27.6 Å². The molecule has 8 heteroatoms. The molecule has 3 aromatic rings. The standard InChI is InChI=1S/C21H14ClN5OS/c1-24-18-17(14-6-4-3-5-7-14)15(11-23)21(27-19(18)22)29-12-13-8-9-26-16(10-13)20(28)25-2/h3-10H,12H2,2H3,(H,25,28). The lowest BCUT2D eigenvalue weighted by molar-refractivity contribution is 0.0958. The highest BCUT2D eigenvalue weighted by Gasteiger charge is 2.21. The van der Waals surface area contributed by atoms with E-state index in [1.807, 2.05) is 30.3 Å². The molecule has 0 aliphatic rings. The van der Waals surface area contributed by atoms with Crippen molar-refractivity contribution in [3.63, 3.8) is 0 Å². The van der Waals surface area contributed by atoms with E-state index in [-0.39, 0.29) is 16.7 Å². The molecule has 0 radical (unpaired) electrons. The van der Waals surface area contributed by atoms with Crippen molar-refractivity contribution in [1.82, 2.24) is 15.3 Å². The zero-order valence-corrected chi connectivity index (χ0v) is 16.9. The molecule has 1 aromatic carbocycles. The fourth-order valence-electron chi connectivity index (χ4n) is 2.69. The summed E-state index contributed by atoms with van der Waals surface area (Å²) in [5.74, 6) is 0.180. The maximum absolute atomic E-state index is 11.8. The van der Waals surface area contributed by atoms with Gasteiger partial charge in [-0.2, -0.15) is 5.26 Å². The van der Waals surface area contributed by atoms with Gasteiger partial charge in [-0.25, -0.2) is 9.83 Å². The molecular formula is C21H14ClN5OS. The van der Waals surface area contributed by atoms with Crippen molar-refractivity contribution >= 4 is 35.0 Å². The van der Waals surface area contributed by atoms with E-state index >= 15 is 0 Å². The number of benzene rings is 1. The van der Waals surface area contributed by atoms with Gasteiger partial charge in [0.25, 0.3) is 5.91 Å². The average Bonchev–Trinajstić information content (AvgIpc) is 2.77. The quantitative estimate of drug-likeness (QED) is 0.362. The Morgan fingerprint density at radius 3 is 2.76 bits per heavy atom. The van der Waals surface area contributed by atoms with Gasteiger partial charge in [0, 0.05) is 24.6 Å². The molecule has 0 aliphatic heterocycles. The number of nitrogens with zero attached hydrogens (tertiary/aromatic N) is 4. The van der Waals surface area contributed by atoms with Crippen molar-refractivity contribution in [3.05, 3.63) is 82.1 Å². The average molecular weight is 420 g/mol. The molecule has 29 heavy (non-hydrogen) atoms. The third-order valence-corrected chi connectivity index (χ3v) is 5.35. The van der Waals surface area contributed by atoms with E-state index in [9.17, 15) is 10.1 Å². The molecule has 0 fully saturated rings. The summed E-state index contributed by atoms with van der Waals surface area (Å²) in [6.07, 6.45) is 1.56. The fraction of sp³-hybridized carbons (Fsp3) is 0.0952. The number of pyridine rings is 2. The molecule has 0 spiro atoms. The summed E-state index contributed by atoms with van der Waals surface area (Å²) < 4.78 is 0. The lowest BCUT2D eigenvalue weighted by Gasteiger charge is -2.12. The van der Waals surface area contributed by atoms with E-state index in [2.05, 4.69) is 26.2 Å². The smallest absolute Gasteiger partial charge is 0.269 e. The third kappa shape index (κ3) is 4.38. The van der Waals surface area contributed by atoms with Gasteiger partial charge >= 0.3 is 0 Å². The topological polar surface area (TPSA) is 83.0 Å². The molecule has 142 valence electrons. The number of hydrogen-bond acceptors (Lipinski definition) is 5. The molecule has 1 N–H and O–H groups in total. The minimum atomic E-state index is -0.275. The second-order valence-electron chi connectivity index (χ2n) is 5.81. The van der Waals surface area contributed by atoms with Crippen molar-refractivity contribution in [3.8, 4) is 17.2 Å². The van der Waals surface area contributed by atoms with Gasteiger partial charge in [0.15, 0.2) is 0 Å². The van der Waals surface area contributed by atoms with Crippen LogP contribution < -0.4 is 5.32 Å². The van der Waals surface area contributed by atoms with Crippen LogP contribution in [-0.2, 0) is 5.75 Å². The van der Waals surface area contributed by atoms with E-state index in [4.69, 9.17) is 18.2 Å². The summed E-state index contributed by atoms with van der Waals surface area (Å²) in [7, 11) is 1.54. The Labute approximate surface area is 177 Å². The normalized spacial score (nSPS) is 10.1. The molecule has 0 unspecified atom stereocenters. The number of carbonyl (C=O) groups is 1. The number of hydrogen-bond donors (Lipinski definition) is 1. The zero-order valence-electron chi connectivity index (χ0n) is 15.3. The van der Waals surface area contributed by atoms with Gasteiger partial charge in [-0.1, -0.05) is 41.9 Å². The number of nitriles is 1. The Morgan fingerprint density at radius 1 is 1.34 bits per heavy atom. The Morgan fingerprint density at radius 2 is 2.10 bits per heavy atom. The number of rotatable bonds is 5. The second kappa shape index (κ2) is 9.20. The van der Waals surface area contributed by atoms with Crippen LogP contribution in [0.3, 0.4) is 0 Å². The van der Waals surface area contributed by atoms with Crippen LogP contribution in [0.25, 0.3) is 16.0 Å². The van der Waals surface area contributed by atoms with Crippen molar-refractivity contribution in [2.75, 3.05) is 7.05 Å². The highest BCUT2D eigenvalue weighted by molar-refractivity contribution is 7.98. The number of carbonyl (C=O) groups excluding carboxylic acids is 1. The maximum atomic E-state index is 11.8. The van der Waals surface area contributed by atoms with Crippen LogP contribution in [0.5, 0.6) is 0 Å². The summed E-state index contributed by atoms with van der Waals surface area (Å²) in [6.45, 7) is 7.47. The first kappa shape index (κ1) is 20.3. The van der Waals surface area contributed by atoms with Crippen molar-refractivity contribution in [2.24, 2.45) is 0 Å². The van der Waals surface area contributed by atoms with E-state index in [1.165, 1.54) is 11.8 Å². The van der Waals surface area contributed by atoms with E-state index in [1.54, 1.807) is 25.4 Å². The van der Waals surface area contributed by atoms with Crippen molar-refractivity contribution in [1.29, 1.82) is 5.26 Å². The summed E-state index contributed by atoms with van der Waals surface area (Å²) in [5, 5.41) is 12.8. The van der Waals surface area contributed by atoms with Crippen LogP contribution in [0.2, 0.25) is 5.15 Å². The van der Waals surface area contributed by atoms with E-state index < -0.39 is 0 Å². The molecular weight excluding hydrogens is 406 g/mol. The Bertz CT molecular complexity index is 1150. The van der Waals surface area contributed by atoms with Gasteiger partial charge in [-0.05, 0) is 23.3 Å². The van der Waals surface area contributed by atoms with Gasteiger partial charge in [-0.15, -0.1) is 11.8 Å². The number of amides is 1. The Balaban J connectivity index is 2.01. The molecule has 2 heterocycles. The number of nitrogens with one attached hydrogen (secondary N) is 1. The summed E-state index contributed by atoms with van der Waals surface area (Å²) in [4.78, 5) is 23.6. The van der Waals surface area contributed by atoms with Gasteiger partial charge in [0.1, 0.15) is 21.9 Å². The largest absolute Gasteiger partial charge is 0.354 e. The zero-order chi connectivity index (χ0) is 20.8. The highest BCUT2D eigenvalue weighted by atomic mass is 35.5. The lowest BCUT2D eigenvalue weighted by Crippen LogP contribution is -2.19. The van der Waals surface area contributed by atoms with Gasteiger partial charge in [-0.3, -0.25) is 9.78 Å². The molecule has 0 bridgehead atoms. The molecule has 0 saturated heterocycles. The summed E-state index contributed by atoms with van der Waals surface area (Å²) in [5.41, 5.74) is 2.83. The minimum Gasteiger partial charge on any atom is -0.354 e. The van der Waals surface area contributed by atoms with Gasteiger partial charge in [0.05, 0.1) is 12.1 Å². The van der Waals surface area contributed by atoms with Crippen LogP contribution in [-0.4, -0.2) is 22.9 Å². The van der Waals surface area contributed by atoms with Crippen LogP contribution in [0.4, 0.5) is 5.69 Å². The predicted molar refractivity (Wildman–Crippen MR) is 113 cm³/mol. The Kier molecular flexibility index (Phi) is 6.46. The molecule has 6 nitrogen and oxygen atoms in total. The third-order valence-electron chi connectivity index (χ3n) is 4.04. The lowest BCUT2D eigenvalue weighted by atomic mass is 10.0. The number of aromatic nitrogens is 2. The van der Waals surface area contributed by atoms with Crippen molar-refractivity contribution in [2.45, 2.75) is 10.8 Å². The fourth-order valence-corrected chi connectivity index (χ4v) is 3.89. The van der Waals surface area contributed by atoms with Gasteiger partial charge < -0.3 is 5.32 Å². The first-order valence-corrected chi connectivity index (χ1v) is 9.81. The van der Waals surface area contributed by atoms with Crippen LogP contribution in [0, 0.1) is 17.9 Å². The van der Waals surface area contributed by atoms with Crippen LogP contribution in [0.15, 0.2) is 53.7 Å². The Hall–Kier alpha value is -3.39. The van der Waals surface area contributed by atoms with E-state index in [0.717, 1.165) is 11.1 Å². The summed E-state index contributed by atoms with van der Waals surface area (Å²) in [6, 6.07) is 14.8. The molecule has 0 atom stereocenters. The molecule has 0 aliphatic carbocycles. The molecule has 3 rings (SSSR count). The first-order chi connectivity index (χ1) is 14.1. The maximum Gasteiger partial charge on any atom is 0.269 e. The predicted octanol–water partition coefficient (Wildman–Crippen LogP) is 4.87. The molecule has 0 saturated carbocycles. The SMILES string of the molecule is [C-]#[N+]c1c(Cl)nc(SCc2ccnc(C(=O)NC)c2)c(C#N)c1-c1ccccc1. The number of halogens is 1. The second-order valence-corrected chi connectivity index (χ2v) is 7.14. The minimum absolute atomic E-state index is 0.0566. The number of thioether (sulfide) groups is 1. The van der Waals surface area contributed by atoms with Crippen LogP contribution in [0.1, 0.15) is 21.6 Å². The monoisotopic (exact) mass is 419 g/mol. The van der Waals surface area contributed by atoms with Crippen LogP contribution >= 0.6 is 23.4 Å². The highest BCUT2D eigenvalue weighted by Crippen LogP contribution is 2.42. The molecule has 1 amide bonds. The molecule has 2 aromatic heterocycles. The first-order valence-electron chi connectivity index (χ1n) is 8.45. The van der Waals surface area contributed by atoms with Crippen molar-refractivity contribution < 1.29 is 4.79 Å². The van der Waals surface area contributed by atoms with Gasteiger partial charge in [0.2, 0.25) is 5.69 Å².